The van der Waals surface area contributed by atoms with E-state index in [1.165, 1.54) is 16.6 Å². The number of rotatable bonds is 3. The van der Waals surface area contributed by atoms with Crippen LogP contribution in [0.25, 0.3) is 0 Å². The number of pyridine rings is 2. The maximum Gasteiger partial charge on any atom is 0.275 e. The number of nitrogens with one attached hydrogen (secondary N) is 1. The van der Waals surface area contributed by atoms with Gasteiger partial charge in [0.15, 0.2) is 0 Å². The van der Waals surface area contributed by atoms with Gasteiger partial charge in [0.05, 0.1) is 17.9 Å². The Labute approximate surface area is 191 Å². The van der Waals surface area contributed by atoms with Gasteiger partial charge in [-0.1, -0.05) is 0 Å². The Bertz CT molecular complexity index is 1330. The van der Waals surface area contributed by atoms with Crippen LogP contribution in [0.3, 0.4) is 0 Å². The van der Waals surface area contributed by atoms with Gasteiger partial charge >= 0.3 is 0 Å². The second-order valence-corrected chi connectivity index (χ2v) is 10.3. The Morgan fingerprint density at radius 2 is 2.18 bits per heavy atom. The average Bonchev–Trinajstić information content (AvgIpc) is 2.95. The summed E-state index contributed by atoms with van der Waals surface area (Å²) < 4.78 is 34.4. The first-order chi connectivity index (χ1) is 15.6. The van der Waals surface area contributed by atoms with Gasteiger partial charge in [-0.05, 0) is 50.5 Å². The Morgan fingerprint density at radius 1 is 1.39 bits per heavy atom. The van der Waals surface area contributed by atoms with Gasteiger partial charge in [-0.3, -0.25) is 9.10 Å². The number of anilines is 1. The number of amides is 1. The molecule has 0 aromatic carbocycles. The highest BCUT2D eigenvalue weighted by atomic mass is 32.2. The summed E-state index contributed by atoms with van der Waals surface area (Å²) in [5, 5.41) is 11.6. The number of fused-ring (bicyclic) bond motifs is 1. The molecule has 4 heterocycles. The predicted octanol–water partition coefficient (Wildman–Crippen LogP) is 2.07. The van der Waals surface area contributed by atoms with Gasteiger partial charge < -0.3 is 11.1 Å². The van der Waals surface area contributed by atoms with Crippen molar-refractivity contribution >= 4 is 27.6 Å². The molecule has 0 unspecified atom stereocenters. The number of carbonyl (C=O) groups is 1. The van der Waals surface area contributed by atoms with E-state index in [9.17, 15) is 13.4 Å². The van der Waals surface area contributed by atoms with E-state index in [0.717, 1.165) is 18.9 Å². The number of nitrogens with zero attached hydrogens (tertiary/aromatic N) is 6. The van der Waals surface area contributed by atoms with Gasteiger partial charge in [0.1, 0.15) is 44.5 Å². The molecule has 12 heteroatoms. The van der Waals surface area contributed by atoms with Gasteiger partial charge in [-0.25, -0.2) is 27.9 Å². The molecule has 3 N–H and O–H groups in total. The standard InChI is InChI=1S/C21H23FN8O2S/c1-13-9-14(10-23)11-25-17(13)19(31)28-16-6-5-15(22)18(27-16)21(2)12-33(32)26-7-3-4-8-30(33)20(24)29-21/h5-6,9,11H,3-4,7-8,12H2,1-2H3,(H2,24,29)(H,27,28,31)/t21-,33+/m0/s1. The van der Waals surface area contributed by atoms with Crippen molar-refractivity contribution < 1.29 is 13.4 Å². The molecule has 33 heavy (non-hydrogen) atoms. The zero-order chi connectivity index (χ0) is 23.8. The van der Waals surface area contributed by atoms with Crippen molar-refractivity contribution in [2.24, 2.45) is 15.1 Å². The summed E-state index contributed by atoms with van der Waals surface area (Å²) >= 11 is 0. The molecule has 0 bridgehead atoms. The molecule has 2 atom stereocenters. The zero-order valence-electron chi connectivity index (χ0n) is 18.2. The number of guanidine groups is 1. The fourth-order valence-electron chi connectivity index (χ4n) is 3.94. The summed E-state index contributed by atoms with van der Waals surface area (Å²) in [6, 6.07) is 5.99. The quantitative estimate of drug-likeness (QED) is 0.701. The number of aromatic nitrogens is 2. The highest BCUT2D eigenvalue weighted by Gasteiger charge is 2.43. The Balaban J connectivity index is 1.68. The SMILES string of the molecule is Cc1cc(C#N)cnc1C(=O)Nc1ccc(F)c([C@]2(C)C[S@@]3(=O)=NCCCCN3C(N)=N2)n1. The van der Waals surface area contributed by atoms with Gasteiger partial charge in [0.25, 0.3) is 5.91 Å². The molecule has 0 saturated carbocycles. The lowest BCUT2D eigenvalue weighted by atomic mass is 10.00. The number of carbonyl (C=O) groups excluding carboxylic acids is 1. The predicted molar refractivity (Wildman–Crippen MR) is 121 cm³/mol. The third-order valence-electron chi connectivity index (χ3n) is 5.51. The van der Waals surface area contributed by atoms with Crippen LogP contribution >= 0.6 is 0 Å². The van der Waals surface area contributed by atoms with E-state index >= 15 is 0 Å². The summed E-state index contributed by atoms with van der Waals surface area (Å²) in [7, 11) is -2.91. The normalized spacial score (nSPS) is 24.5. The van der Waals surface area contributed by atoms with Gasteiger partial charge in [0, 0.05) is 12.7 Å². The van der Waals surface area contributed by atoms with Crippen molar-refractivity contribution in [2.45, 2.75) is 32.2 Å². The molecule has 1 amide bonds. The molecule has 2 aromatic heterocycles. The molecule has 0 fully saturated rings. The minimum Gasteiger partial charge on any atom is -0.369 e. The highest BCUT2D eigenvalue weighted by Crippen LogP contribution is 2.35. The topological polar surface area (TPSA) is 150 Å². The van der Waals surface area contributed by atoms with Crippen LogP contribution in [0.4, 0.5) is 10.2 Å². The molecule has 2 aliphatic rings. The van der Waals surface area contributed by atoms with Crippen LogP contribution in [0.1, 0.15) is 47.1 Å². The molecule has 4 rings (SSSR count). The van der Waals surface area contributed by atoms with E-state index in [1.807, 2.05) is 6.07 Å². The summed E-state index contributed by atoms with van der Waals surface area (Å²) in [4.78, 5) is 25.5. The number of nitrogens with two attached hydrogens (primary N) is 1. The van der Waals surface area contributed by atoms with Gasteiger partial charge in [0.2, 0.25) is 5.96 Å². The second kappa shape index (κ2) is 8.40. The lowest BCUT2D eigenvalue weighted by molar-refractivity contribution is 0.102. The first-order valence-corrected chi connectivity index (χ1v) is 12.0. The Hall–Kier alpha value is -3.59. The van der Waals surface area contributed by atoms with Crippen molar-refractivity contribution in [3.8, 4) is 6.07 Å². The third kappa shape index (κ3) is 4.23. The van der Waals surface area contributed by atoms with E-state index in [1.54, 1.807) is 19.9 Å². The molecular weight excluding hydrogens is 447 g/mol. The zero-order valence-corrected chi connectivity index (χ0v) is 19.0. The molecule has 172 valence electrons. The van der Waals surface area contributed by atoms with E-state index in [4.69, 9.17) is 11.0 Å². The van der Waals surface area contributed by atoms with Gasteiger partial charge in [-0.2, -0.15) is 5.26 Å². The van der Waals surface area contributed by atoms with Crippen LogP contribution in [-0.4, -0.2) is 49.2 Å². The highest BCUT2D eigenvalue weighted by molar-refractivity contribution is 7.92. The molecule has 0 radical (unpaired) electrons. The largest absolute Gasteiger partial charge is 0.369 e. The monoisotopic (exact) mass is 470 g/mol. The molecular formula is C21H23FN8O2S. The lowest BCUT2D eigenvalue weighted by Crippen LogP contribution is -2.52. The maximum atomic E-state index is 14.9. The number of hydrogen-bond acceptors (Lipinski definition) is 8. The average molecular weight is 471 g/mol. The third-order valence-corrected chi connectivity index (χ3v) is 8.10. The van der Waals surface area contributed by atoms with E-state index < -0.39 is 27.2 Å². The van der Waals surface area contributed by atoms with Crippen LogP contribution < -0.4 is 11.1 Å². The Kier molecular flexibility index (Phi) is 5.75. The molecule has 10 nitrogen and oxygen atoms in total. The minimum atomic E-state index is -2.91. The van der Waals surface area contributed by atoms with Crippen molar-refractivity contribution in [1.29, 1.82) is 5.26 Å². The molecule has 2 aliphatic heterocycles. The molecule has 0 aliphatic carbocycles. The van der Waals surface area contributed by atoms with E-state index in [0.29, 0.717) is 24.2 Å². The lowest BCUT2D eigenvalue weighted by Gasteiger charge is -2.37. The Morgan fingerprint density at radius 3 is 2.91 bits per heavy atom. The smallest absolute Gasteiger partial charge is 0.275 e. The van der Waals surface area contributed by atoms with Crippen LogP contribution in [0.2, 0.25) is 0 Å². The van der Waals surface area contributed by atoms with Crippen molar-refractivity contribution in [1.82, 2.24) is 14.3 Å². The summed E-state index contributed by atoms with van der Waals surface area (Å²) in [6.07, 6.45) is 2.86. The number of nitriles is 1. The molecule has 2 aromatic rings. The number of halogens is 1. The van der Waals surface area contributed by atoms with Crippen LogP contribution in [0, 0.1) is 24.1 Å². The van der Waals surface area contributed by atoms with Crippen molar-refractivity contribution in [3.63, 3.8) is 0 Å². The number of aryl methyl sites for hydroxylation is 1. The fraction of sp³-hybridized carbons (Fsp3) is 0.381. The van der Waals surface area contributed by atoms with E-state index in [-0.39, 0.29) is 28.9 Å². The van der Waals surface area contributed by atoms with Crippen molar-refractivity contribution in [3.05, 3.63) is 52.7 Å². The van der Waals surface area contributed by atoms with Crippen molar-refractivity contribution in [2.75, 3.05) is 24.2 Å². The second-order valence-electron chi connectivity index (χ2n) is 8.14. The maximum absolute atomic E-state index is 14.9. The van der Waals surface area contributed by atoms with Crippen LogP contribution in [0.5, 0.6) is 0 Å². The number of aliphatic imine (C=N–C) groups is 1. The molecule has 0 saturated heterocycles. The minimum absolute atomic E-state index is 0.0347. The fourth-order valence-corrected chi connectivity index (χ4v) is 6.42. The van der Waals surface area contributed by atoms with Crippen LogP contribution in [-0.2, 0) is 15.5 Å². The summed E-state index contributed by atoms with van der Waals surface area (Å²) in [5.74, 6) is -1.18. The summed E-state index contributed by atoms with van der Waals surface area (Å²) in [5.41, 5.74) is 5.66. The van der Waals surface area contributed by atoms with Gasteiger partial charge in [-0.15, -0.1) is 0 Å². The first-order valence-electron chi connectivity index (χ1n) is 10.3. The number of hydrogen-bond donors (Lipinski definition) is 2. The summed E-state index contributed by atoms with van der Waals surface area (Å²) in [6.45, 7) is 4.16. The van der Waals surface area contributed by atoms with E-state index in [2.05, 4.69) is 24.6 Å². The molecule has 0 spiro atoms. The first kappa shape index (κ1) is 22.6. The van der Waals surface area contributed by atoms with Crippen LogP contribution in [0.15, 0.2) is 33.8 Å².